The van der Waals surface area contributed by atoms with Gasteiger partial charge in [0.2, 0.25) is 0 Å². The fourth-order valence-corrected chi connectivity index (χ4v) is 3.15. The molecule has 2 rings (SSSR count). The van der Waals surface area contributed by atoms with E-state index in [0.717, 1.165) is 28.9 Å². The summed E-state index contributed by atoms with van der Waals surface area (Å²) in [5.41, 5.74) is 10.2. The Balaban J connectivity index is 2.53. The summed E-state index contributed by atoms with van der Waals surface area (Å²) in [6, 6.07) is 5.36. The molecule has 1 heterocycles. The molecule has 0 unspecified atom stereocenters. The number of nitrogens with two attached hydrogens (primary N) is 1. The van der Waals surface area contributed by atoms with E-state index in [4.69, 9.17) is 17.3 Å². The Labute approximate surface area is 153 Å². The number of rotatable bonds is 6. The van der Waals surface area contributed by atoms with Crippen LogP contribution in [0.5, 0.6) is 0 Å². The largest absolute Gasteiger partial charge is 0.464 e. The van der Waals surface area contributed by atoms with Crippen molar-refractivity contribution >= 4 is 23.4 Å². The van der Waals surface area contributed by atoms with Crippen molar-refractivity contribution in [1.82, 2.24) is 9.89 Å². The number of halogens is 1. The molecule has 3 N–H and O–H groups in total. The third kappa shape index (κ3) is 3.90. The minimum atomic E-state index is -1.02. The van der Waals surface area contributed by atoms with Gasteiger partial charge in [-0.05, 0) is 44.4 Å². The van der Waals surface area contributed by atoms with Gasteiger partial charge in [-0.1, -0.05) is 31.5 Å². The zero-order chi connectivity index (χ0) is 18.7. The quantitative estimate of drug-likeness (QED) is 0.762. The van der Waals surface area contributed by atoms with Gasteiger partial charge >= 0.3 is 6.09 Å². The van der Waals surface area contributed by atoms with Gasteiger partial charge in [-0.3, -0.25) is 0 Å². The number of anilines is 1. The van der Waals surface area contributed by atoms with Crippen molar-refractivity contribution in [3.63, 3.8) is 0 Å². The highest BCUT2D eigenvalue weighted by Crippen LogP contribution is 2.25. The van der Waals surface area contributed by atoms with E-state index >= 15 is 0 Å². The standard InChI is InChI=1S/C18H25ClN4O2/c1-5-16-13(9-12-7-8-15(20)14(19)10-12)17(6-2)23(21-16)22(11(3)4)18(24)25/h7-8,10-11H,5-6,9,20H2,1-4H3,(H,24,25). The molecule has 0 saturated carbocycles. The molecule has 0 radical (unpaired) electrons. The zero-order valence-electron chi connectivity index (χ0n) is 15.1. The first-order chi connectivity index (χ1) is 11.8. The van der Waals surface area contributed by atoms with Crippen LogP contribution in [-0.2, 0) is 19.3 Å². The first-order valence-electron chi connectivity index (χ1n) is 8.46. The van der Waals surface area contributed by atoms with Gasteiger partial charge < -0.3 is 10.8 Å². The molecule has 25 heavy (non-hydrogen) atoms. The number of hydrogen-bond acceptors (Lipinski definition) is 3. The highest BCUT2D eigenvalue weighted by Gasteiger charge is 2.25. The fourth-order valence-electron chi connectivity index (χ4n) is 2.95. The lowest BCUT2D eigenvalue weighted by Crippen LogP contribution is -2.46. The van der Waals surface area contributed by atoms with E-state index in [1.54, 1.807) is 10.9 Å². The molecule has 7 heteroatoms. The first-order valence-corrected chi connectivity index (χ1v) is 8.83. The number of aryl methyl sites for hydroxylation is 1. The molecular weight excluding hydrogens is 340 g/mol. The van der Waals surface area contributed by atoms with Crippen molar-refractivity contribution in [2.75, 3.05) is 10.7 Å². The van der Waals surface area contributed by atoms with Gasteiger partial charge in [0, 0.05) is 12.0 Å². The second-order valence-corrected chi connectivity index (χ2v) is 6.63. The summed E-state index contributed by atoms with van der Waals surface area (Å²) in [6.07, 6.45) is 1.03. The number of carbonyl (C=O) groups is 1. The normalized spacial score (nSPS) is 11.1. The molecule has 0 atom stereocenters. The molecule has 0 aliphatic carbocycles. The van der Waals surface area contributed by atoms with Gasteiger partial charge in [-0.25, -0.2) is 4.79 Å². The molecule has 0 fully saturated rings. The number of aromatic nitrogens is 2. The van der Waals surface area contributed by atoms with Crippen molar-refractivity contribution in [3.05, 3.63) is 45.7 Å². The Kier molecular flexibility index (Phi) is 5.95. The van der Waals surface area contributed by atoms with E-state index in [9.17, 15) is 9.90 Å². The van der Waals surface area contributed by atoms with E-state index in [-0.39, 0.29) is 6.04 Å². The Morgan fingerprint density at radius 2 is 2.04 bits per heavy atom. The maximum Gasteiger partial charge on any atom is 0.428 e. The van der Waals surface area contributed by atoms with Crippen LogP contribution >= 0.6 is 11.6 Å². The molecule has 0 spiro atoms. The number of nitrogen functional groups attached to an aromatic ring is 1. The Morgan fingerprint density at radius 3 is 2.52 bits per heavy atom. The summed E-state index contributed by atoms with van der Waals surface area (Å²) in [4.78, 5) is 13.2. The molecule has 136 valence electrons. The first kappa shape index (κ1) is 19.1. The maximum atomic E-state index is 11.7. The number of amides is 1. The van der Waals surface area contributed by atoms with Crippen LogP contribution in [0.3, 0.4) is 0 Å². The molecule has 0 aliphatic heterocycles. The Hall–Kier alpha value is -2.21. The second-order valence-electron chi connectivity index (χ2n) is 6.22. The second kappa shape index (κ2) is 7.78. The highest BCUT2D eigenvalue weighted by atomic mass is 35.5. The average molecular weight is 365 g/mol. The van der Waals surface area contributed by atoms with E-state index in [2.05, 4.69) is 5.10 Å². The van der Waals surface area contributed by atoms with Gasteiger partial charge in [0.05, 0.1) is 28.1 Å². The van der Waals surface area contributed by atoms with Crippen LogP contribution < -0.4 is 10.7 Å². The van der Waals surface area contributed by atoms with Gasteiger partial charge in [-0.15, -0.1) is 0 Å². The summed E-state index contributed by atoms with van der Waals surface area (Å²) in [7, 11) is 0. The lowest BCUT2D eigenvalue weighted by atomic mass is 10.0. The zero-order valence-corrected chi connectivity index (χ0v) is 15.8. The third-order valence-corrected chi connectivity index (χ3v) is 4.49. The number of hydrogen-bond donors (Lipinski definition) is 2. The predicted octanol–water partition coefficient (Wildman–Crippen LogP) is 3.86. The molecule has 2 aromatic rings. The number of nitrogens with zero attached hydrogens (tertiary/aromatic N) is 3. The van der Waals surface area contributed by atoms with E-state index in [0.29, 0.717) is 23.6 Å². The average Bonchev–Trinajstić information content (AvgIpc) is 2.87. The fraction of sp³-hybridized carbons (Fsp3) is 0.444. The summed E-state index contributed by atoms with van der Waals surface area (Å²) in [5.74, 6) is 0. The van der Waals surface area contributed by atoms with Crippen LogP contribution in [0, 0.1) is 0 Å². The molecular formula is C18H25ClN4O2. The van der Waals surface area contributed by atoms with Crippen LogP contribution in [0.1, 0.15) is 50.2 Å². The highest BCUT2D eigenvalue weighted by molar-refractivity contribution is 6.33. The van der Waals surface area contributed by atoms with Crippen molar-refractivity contribution in [3.8, 4) is 0 Å². The number of benzene rings is 1. The smallest absolute Gasteiger partial charge is 0.428 e. The van der Waals surface area contributed by atoms with E-state index in [1.165, 1.54) is 5.01 Å². The molecule has 1 aromatic heterocycles. The van der Waals surface area contributed by atoms with Gasteiger partial charge in [0.1, 0.15) is 0 Å². The summed E-state index contributed by atoms with van der Waals surface area (Å²) in [6.45, 7) is 7.69. The minimum absolute atomic E-state index is 0.216. The SMILES string of the molecule is CCc1nn(N(C(=O)O)C(C)C)c(CC)c1Cc1ccc(N)c(Cl)c1. The molecule has 6 nitrogen and oxygen atoms in total. The summed E-state index contributed by atoms with van der Waals surface area (Å²) < 4.78 is 0. The van der Waals surface area contributed by atoms with Gasteiger partial charge in [0.25, 0.3) is 0 Å². The molecule has 1 amide bonds. The lowest BCUT2D eigenvalue weighted by molar-refractivity contribution is 0.189. The third-order valence-electron chi connectivity index (χ3n) is 4.16. The molecule has 0 aliphatic rings. The van der Waals surface area contributed by atoms with Crippen LogP contribution in [0.2, 0.25) is 5.02 Å². The summed E-state index contributed by atoms with van der Waals surface area (Å²) >= 11 is 6.13. The molecule has 0 bridgehead atoms. The Bertz CT molecular complexity index is 771. The van der Waals surface area contributed by atoms with Crippen LogP contribution in [0.15, 0.2) is 18.2 Å². The van der Waals surface area contributed by atoms with Crippen LogP contribution in [0.25, 0.3) is 0 Å². The van der Waals surface area contributed by atoms with Crippen molar-refractivity contribution in [2.24, 2.45) is 0 Å². The van der Waals surface area contributed by atoms with Gasteiger partial charge in [-0.2, -0.15) is 14.9 Å². The number of carboxylic acid groups (broad SMARTS) is 1. The topological polar surface area (TPSA) is 84.4 Å². The monoisotopic (exact) mass is 364 g/mol. The minimum Gasteiger partial charge on any atom is -0.464 e. The lowest BCUT2D eigenvalue weighted by Gasteiger charge is -2.25. The maximum absolute atomic E-state index is 11.7. The predicted molar refractivity (Wildman–Crippen MR) is 101 cm³/mol. The van der Waals surface area contributed by atoms with Crippen molar-refractivity contribution < 1.29 is 9.90 Å². The van der Waals surface area contributed by atoms with E-state index in [1.807, 2.05) is 39.8 Å². The summed E-state index contributed by atoms with van der Waals surface area (Å²) in [5, 5.41) is 15.9. The van der Waals surface area contributed by atoms with Crippen molar-refractivity contribution in [1.29, 1.82) is 0 Å². The van der Waals surface area contributed by atoms with Crippen molar-refractivity contribution in [2.45, 2.75) is 53.0 Å². The van der Waals surface area contributed by atoms with Crippen LogP contribution in [0.4, 0.5) is 10.5 Å². The van der Waals surface area contributed by atoms with Crippen LogP contribution in [-0.4, -0.2) is 27.1 Å². The molecule has 0 saturated heterocycles. The Morgan fingerprint density at radius 1 is 1.36 bits per heavy atom. The van der Waals surface area contributed by atoms with E-state index < -0.39 is 6.09 Å². The van der Waals surface area contributed by atoms with Gasteiger partial charge in [0.15, 0.2) is 0 Å². The molecule has 1 aromatic carbocycles.